The molecule has 0 spiro atoms. The van der Waals surface area contributed by atoms with Crippen molar-refractivity contribution in [1.29, 1.82) is 0 Å². The largest absolute Gasteiger partial charge is 0.382 e. The van der Waals surface area contributed by atoms with Crippen LogP contribution < -0.4 is 26.5 Å². The van der Waals surface area contributed by atoms with E-state index in [2.05, 4.69) is 31.5 Å². The number of halogens is 1. The topological polar surface area (TPSA) is 143 Å². The fourth-order valence-corrected chi connectivity index (χ4v) is 4.01. The molecule has 12 heteroatoms. The third-order valence-corrected chi connectivity index (χ3v) is 6.08. The maximum absolute atomic E-state index is 12.7. The molecular formula is C23H27BrN8O3. The minimum absolute atomic E-state index is 0.00253. The fraction of sp³-hybridized carbons (Fsp3) is 0.261. The quantitative estimate of drug-likeness (QED) is 0.213. The Hall–Kier alpha value is -3.45. The van der Waals surface area contributed by atoms with E-state index in [9.17, 15) is 4.79 Å². The van der Waals surface area contributed by atoms with Gasteiger partial charge >= 0.3 is 0 Å². The Labute approximate surface area is 211 Å². The first-order valence-electron chi connectivity index (χ1n) is 11.0. The Morgan fingerprint density at radius 1 is 1.00 bits per heavy atom. The van der Waals surface area contributed by atoms with Crippen molar-refractivity contribution in [3.8, 4) is 11.3 Å². The lowest BCUT2D eigenvalue weighted by atomic mass is 10.1. The van der Waals surface area contributed by atoms with Crippen LogP contribution in [0.5, 0.6) is 0 Å². The molecule has 11 nitrogen and oxygen atoms in total. The molecule has 1 aliphatic rings. The van der Waals surface area contributed by atoms with Gasteiger partial charge in [0.05, 0.1) is 17.9 Å². The monoisotopic (exact) mass is 542 g/mol. The molecule has 3 aromatic rings. The van der Waals surface area contributed by atoms with Crippen LogP contribution in [0.4, 0.5) is 28.8 Å². The number of benzene rings is 1. The van der Waals surface area contributed by atoms with Crippen LogP contribution in [0.3, 0.4) is 0 Å². The summed E-state index contributed by atoms with van der Waals surface area (Å²) in [5, 5.41) is 24.5. The standard InChI is InChI=1S/C23H27BrN8O3/c1-30-12-13-31(21(33)14-30)17-6-8-19(28-22(17)15-2-4-16(24)5-3-15)26-10-11-27-20-9-7-18(32(34)35)23(25)29-20/h2-9,34-35H,10-14H2,1H3,(H,26,28)(H3,25,27,29). The van der Waals surface area contributed by atoms with Gasteiger partial charge in [0.25, 0.3) is 0 Å². The Morgan fingerprint density at radius 3 is 2.29 bits per heavy atom. The van der Waals surface area contributed by atoms with E-state index in [0.717, 1.165) is 28.0 Å². The highest BCUT2D eigenvalue weighted by Gasteiger charge is 2.26. The summed E-state index contributed by atoms with van der Waals surface area (Å²) in [6.45, 7) is 2.83. The van der Waals surface area contributed by atoms with Gasteiger partial charge in [0.1, 0.15) is 17.3 Å². The van der Waals surface area contributed by atoms with Crippen molar-refractivity contribution in [1.82, 2.24) is 14.9 Å². The van der Waals surface area contributed by atoms with E-state index in [1.165, 1.54) is 6.07 Å². The number of nitrogens with two attached hydrogens (primary N) is 1. The number of rotatable bonds is 8. The third kappa shape index (κ3) is 5.98. The molecule has 0 bridgehead atoms. The van der Waals surface area contributed by atoms with E-state index in [1.54, 1.807) is 11.0 Å². The second-order valence-electron chi connectivity index (χ2n) is 8.10. The number of carbonyl (C=O) groups excluding carboxylic acids is 1. The van der Waals surface area contributed by atoms with E-state index in [0.29, 0.717) is 37.8 Å². The molecule has 0 radical (unpaired) electrons. The van der Waals surface area contributed by atoms with Crippen molar-refractivity contribution in [3.05, 3.63) is 53.0 Å². The van der Waals surface area contributed by atoms with Crippen molar-refractivity contribution in [3.63, 3.8) is 0 Å². The average Bonchev–Trinajstić information content (AvgIpc) is 2.82. The summed E-state index contributed by atoms with van der Waals surface area (Å²) < 4.78 is 0.965. The van der Waals surface area contributed by atoms with Gasteiger partial charge in [-0.05, 0) is 43.4 Å². The highest BCUT2D eigenvalue weighted by molar-refractivity contribution is 9.10. The lowest BCUT2D eigenvalue weighted by Gasteiger charge is -2.33. The molecule has 0 unspecified atom stereocenters. The molecule has 1 saturated heterocycles. The van der Waals surface area contributed by atoms with Crippen LogP contribution in [0.1, 0.15) is 0 Å². The Bertz CT molecular complexity index is 1190. The second-order valence-corrected chi connectivity index (χ2v) is 9.01. The smallest absolute Gasteiger partial charge is 0.241 e. The Kier molecular flexibility index (Phi) is 7.66. The molecule has 0 atom stereocenters. The summed E-state index contributed by atoms with van der Waals surface area (Å²) in [7, 11) is 1.94. The van der Waals surface area contributed by atoms with Crippen LogP contribution in [-0.2, 0) is 4.79 Å². The van der Waals surface area contributed by atoms with E-state index in [4.69, 9.17) is 21.1 Å². The van der Waals surface area contributed by atoms with E-state index in [-0.39, 0.29) is 22.6 Å². The number of hydrogen-bond acceptors (Lipinski definition) is 10. The summed E-state index contributed by atoms with van der Waals surface area (Å²) in [5.74, 6) is 1.21. The number of likely N-dealkylation sites (N-methyl/N-ethyl adjacent to an activating group) is 1. The van der Waals surface area contributed by atoms with E-state index in [1.807, 2.05) is 48.3 Å². The van der Waals surface area contributed by atoms with Crippen LogP contribution in [0.25, 0.3) is 11.3 Å². The molecular weight excluding hydrogens is 516 g/mol. The maximum Gasteiger partial charge on any atom is 0.241 e. The number of aromatic nitrogens is 2. The SMILES string of the molecule is CN1CCN(c2ccc(NCCNc3ccc(N(O)O)c(N)n3)nc2-c2ccc(Br)cc2)C(=O)C1. The molecule has 0 aliphatic carbocycles. The number of nitrogens with zero attached hydrogens (tertiary/aromatic N) is 5. The first-order valence-corrected chi connectivity index (χ1v) is 11.8. The molecule has 1 aliphatic heterocycles. The average molecular weight is 543 g/mol. The summed E-state index contributed by atoms with van der Waals surface area (Å²) >= 11 is 3.47. The lowest BCUT2D eigenvalue weighted by Crippen LogP contribution is -2.49. The molecule has 6 N–H and O–H groups in total. The fourth-order valence-electron chi connectivity index (χ4n) is 3.75. The van der Waals surface area contributed by atoms with Crippen LogP contribution in [0.15, 0.2) is 53.0 Å². The summed E-state index contributed by atoms with van der Waals surface area (Å²) in [6.07, 6.45) is 0. The second kappa shape index (κ2) is 10.9. The summed E-state index contributed by atoms with van der Waals surface area (Å²) in [5.41, 5.74) is 8.15. The van der Waals surface area contributed by atoms with Crippen LogP contribution >= 0.6 is 15.9 Å². The van der Waals surface area contributed by atoms with Crippen LogP contribution in [0.2, 0.25) is 0 Å². The van der Waals surface area contributed by atoms with Gasteiger partial charge in [0.2, 0.25) is 5.91 Å². The zero-order chi connectivity index (χ0) is 24.9. The zero-order valence-corrected chi connectivity index (χ0v) is 20.7. The number of amides is 1. The minimum atomic E-state index is -0.0677. The number of anilines is 5. The lowest BCUT2D eigenvalue weighted by molar-refractivity contribution is -0.120. The van der Waals surface area contributed by atoms with Crippen molar-refractivity contribution < 1.29 is 15.2 Å². The Balaban J connectivity index is 1.47. The molecule has 3 heterocycles. The van der Waals surface area contributed by atoms with E-state index >= 15 is 0 Å². The molecule has 35 heavy (non-hydrogen) atoms. The Morgan fingerprint density at radius 2 is 1.66 bits per heavy atom. The van der Waals surface area contributed by atoms with E-state index < -0.39 is 0 Å². The summed E-state index contributed by atoms with van der Waals surface area (Å²) in [4.78, 5) is 25.5. The van der Waals surface area contributed by atoms with Crippen LogP contribution in [0, 0.1) is 0 Å². The van der Waals surface area contributed by atoms with Gasteiger partial charge in [0.15, 0.2) is 5.82 Å². The van der Waals surface area contributed by atoms with Crippen molar-refractivity contribution in [2.45, 2.75) is 0 Å². The molecule has 4 rings (SSSR count). The molecule has 1 fully saturated rings. The van der Waals surface area contributed by atoms with Gasteiger partial charge in [-0.15, -0.1) is 5.23 Å². The van der Waals surface area contributed by atoms with Gasteiger partial charge in [-0.3, -0.25) is 20.1 Å². The number of nitrogen functional groups attached to an aromatic ring is 1. The number of nitrogens with one attached hydrogen (secondary N) is 2. The number of piperazine rings is 1. The molecule has 184 valence electrons. The normalized spacial score (nSPS) is 14.2. The first kappa shape index (κ1) is 24.7. The van der Waals surface area contributed by atoms with Gasteiger partial charge in [-0.1, -0.05) is 28.1 Å². The van der Waals surface area contributed by atoms with Gasteiger partial charge < -0.3 is 21.3 Å². The van der Waals surface area contributed by atoms with Gasteiger partial charge in [0, 0.05) is 36.2 Å². The van der Waals surface area contributed by atoms with Gasteiger partial charge in [-0.2, -0.15) is 0 Å². The highest BCUT2D eigenvalue weighted by Crippen LogP contribution is 2.32. The third-order valence-electron chi connectivity index (χ3n) is 5.55. The highest BCUT2D eigenvalue weighted by atomic mass is 79.9. The number of carbonyl (C=O) groups is 1. The molecule has 0 saturated carbocycles. The first-order chi connectivity index (χ1) is 16.8. The number of pyridine rings is 2. The van der Waals surface area contributed by atoms with Crippen molar-refractivity contribution >= 4 is 50.7 Å². The van der Waals surface area contributed by atoms with Crippen molar-refractivity contribution in [2.24, 2.45) is 0 Å². The predicted octanol–water partition coefficient (Wildman–Crippen LogP) is 2.88. The summed E-state index contributed by atoms with van der Waals surface area (Å²) in [6, 6.07) is 14.7. The zero-order valence-electron chi connectivity index (χ0n) is 19.1. The van der Waals surface area contributed by atoms with Crippen molar-refractivity contribution in [2.75, 3.05) is 66.3 Å². The maximum atomic E-state index is 12.7. The molecule has 1 amide bonds. The predicted molar refractivity (Wildman–Crippen MR) is 139 cm³/mol. The minimum Gasteiger partial charge on any atom is -0.382 e. The number of hydrogen-bond donors (Lipinski definition) is 5. The molecule has 2 aromatic heterocycles. The van der Waals surface area contributed by atoms with Gasteiger partial charge in [-0.25, -0.2) is 9.97 Å². The van der Waals surface area contributed by atoms with Crippen LogP contribution in [-0.4, -0.2) is 71.0 Å². The molecule has 1 aromatic carbocycles.